The van der Waals surface area contributed by atoms with E-state index in [9.17, 15) is 8.42 Å². The standard InChI is InChI=1S/C16H19NO2S2/c1-12-9-13(10-17)3-4-14(12)11-20-15-5-7-16(8-6-15)21(2,18)19/h3-9H,10-11,17H2,1-2H3. The van der Waals surface area contributed by atoms with Crippen molar-refractivity contribution in [2.45, 2.75) is 29.0 Å². The molecule has 112 valence electrons. The molecule has 2 aromatic carbocycles. The number of rotatable bonds is 5. The minimum atomic E-state index is -3.12. The van der Waals surface area contributed by atoms with Crippen LogP contribution in [0.15, 0.2) is 52.3 Å². The van der Waals surface area contributed by atoms with Crippen LogP contribution in [-0.4, -0.2) is 14.7 Å². The molecule has 0 saturated carbocycles. The minimum Gasteiger partial charge on any atom is -0.326 e. The van der Waals surface area contributed by atoms with E-state index in [1.807, 2.05) is 12.1 Å². The van der Waals surface area contributed by atoms with E-state index >= 15 is 0 Å². The fourth-order valence-corrected chi connectivity index (χ4v) is 3.60. The van der Waals surface area contributed by atoms with Gasteiger partial charge in [-0.3, -0.25) is 0 Å². The number of sulfone groups is 1. The van der Waals surface area contributed by atoms with E-state index < -0.39 is 9.84 Å². The molecule has 0 unspecified atom stereocenters. The molecule has 0 aliphatic rings. The van der Waals surface area contributed by atoms with Gasteiger partial charge in [0.15, 0.2) is 9.84 Å². The van der Waals surface area contributed by atoms with E-state index in [0.717, 1.165) is 16.2 Å². The molecule has 0 atom stereocenters. The van der Waals surface area contributed by atoms with Crippen LogP contribution in [0.3, 0.4) is 0 Å². The van der Waals surface area contributed by atoms with Gasteiger partial charge < -0.3 is 5.73 Å². The van der Waals surface area contributed by atoms with Crippen LogP contribution >= 0.6 is 11.8 Å². The van der Waals surface area contributed by atoms with Crippen molar-refractivity contribution in [3.63, 3.8) is 0 Å². The molecule has 2 aromatic rings. The molecular weight excluding hydrogens is 302 g/mol. The molecule has 0 amide bonds. The number of nitrogens with two attached hydrogens (primary N) is 1. The summed E-state index contributed by atoms with van der Waals surface area (Å²) in [5, 5.41) is 0. The second-order valence-corrected chi connectivity index (χ2v) is 8.06. The zero-order valence-corrected chi connectivity index (χ0v) is 13.8. The Hall–Kier alpha value is -1.30. The molecule has 0 aliphatic heterocycles. The zero-order chi connectivity index (χ0) is 15.5. The zero-order valence-electron chi connectivity index (χ0n) is 12.2. The number of hydrogen-bond donors (Lipinski definition) is 1. The van der Waals surface area contributed by atoms with Crippen LogP contribution in [0.1, 0.15) is 16.7 Å². The first-order valence-corrected chi connectivity index (χ1v) is 9.49. The van der Waals surface area contributed by atoms with Crippen molar-refractivity contribution >= 4 is 21.6 Å². The van der Waals surface area contributed by atoms with Crippen molar-refractivity contribution in [1.82, 2.24) is 0 Å². The second-order valence-electron chi connectivity index (χ2n) is 5.00. The fraction of sp³-hybridized carbons (Fsp3) is 0.250. The highest BCUT2D eigenvalue weighted by atomic mass is 32.2. The van der Waals surface area contributed by atoms with Gasteiger partial charge in [-0.1, -0.05) is 18.2 Å². The van der Waals surface area contributed by atoms with Crippen LogP contribution in [0.25, 0.3) is 0 Å². The molecule has 0 spiro atoms. The minimum absolute atomic E-state index is 0.357. The highest BCUT2D eigenvalue weighted by Gasteiger charge is 2.07. The largest absolute Gasteiger partial charge is 0.326 e. The van der Waals surface area contributed by atoms with Gasteiger partial charge in [-0.2, -0.15) is 0 Å². The molecule has 0 heterocycles. The fourth-order valence-electron chi connectivity index (χ4n) is 1.99. The number of thioether (sulfide) groups is 1. The summed E-state index contributed by atoms with van der Waals surface area (Å²) in [6, 6.07) is 13.3. The molecule has 0 aromatic heterocycles. The first kappa shape index (κ1) is 16.1. The second kappa shape index (κ2) is 6.64. The average Bonchev–Trinajstić information content (AvgIpc) is 2.45. The van der Waals surface area contributed by atoms with Crippen molar-refractivity contribution < 1.29 is 8.42 Å². The van der Waals surface area contributed by atoms with E-state index in [-0.39, 0.29) is 0 Å². The molecule has 2 rings (SSSR count). The van der Waals surface area contributed by atoms with Crippen molar-refractivity contribution in [3.05, 3.63) is 59.2 Å². The summed E-state index contributed by atoms with van der Waals surface area (Å²) < 4.78 is 22.8. The maximum Gasteiger partial charge on any atom is 0.175 e. The quantitative estimate of drug-likeness (QED) is 0.859. The van der Waals surface area contributed by atoms with Gasteiger partial charge in [0.2, 0.25) is 0 Å². The third-order valence-corrected chi connectivity index (χ3v) is 5.48. The summed E-state index contributed by atoms with van der Waals surface area (Å²) in [6.45, 7) is 2.64. The third kappa shape index (κ3) is 4.33. The van der Waals surface area contributed by atoms with E-state index in [2.05, 4.69) is 25.1 Å². The molecule has 0 bridgehead atoms. The number of benzene rings is 2. The molecule has 21 heavy (non-hydrogen) atoms. The number of hydrogen-bond acceptors (Lipinski definition) is 4. The van der Waals surface area contributed by atoms with Gasteiger partial charge in [0, 0.05) is 23.4 Å². The van der Waals surface area contributed by atoms with Crippen molar-refractivity contribution in [3.8, 4) is 0 Å². The van der Waals surface area contributed by atoms with Crippen LogP contribution in [0.4, 0.5) is 0 Å². The smallest absolute Gasteiger partial charge is 0.175 e. The Bertz CT molecular complexity index is 722. The first-order chi connectivity index (χ1) is 9.90. The molecule has 0 radical (unpaired) electrons. The number of aryl methyl sites for hydroxylation is 1. The van der Waals surface area contributed by atoms with E-state index in [1.54, 1.807) is 23.9 Å². The molecule has 5 heteroatoms. The van der Waals surface area contributed by atoms with Crippen LogP contribution in [-0.2, 0) is 22.1 Å². The van der Waals surface area contributed by atoms with Gasteiger partial charge in [-0.25, -0.2) is 8.42 Å². The molecule has 0 fully saturated rings. The summed E-state index contributed by atoms with van der Waals surface area (Å²) in [5.74, 6) is 0.856. The highest BCUT2D eigenvalue weighted by Crippen LogP contribution is 2.25. The van der Waals surface area contributed by atoms with Gasteiger partial charge in [0.1, 0.15) is 0 Å². The Morgan fingerprint density at radius 3 is 2.29 bits per heavy atom. The van der Waals surface area contributed by atoms with E-state index in [4.69, 9.17) is 5.73 Å². The van der Waals surface area contributed by atoms with Crippen molar-refractivity contribution in [2.75, 3.05) is 6.26 Å². The monoisotopic (exact) mass is 321 g/mol. The predicted octanol–water partition coefficient (Wildman–Crippen LogP) is 3.15. The Morgan fingerprint density at radius 2 is 1.76 bits per heavy atom. The summed E-state index contributed by atoms with van der Waals surface area (Å²) in [4.78, 5) is 1.42. The van der Waals surface area contributed by atoms with E-state index in [0.29, 0.717) is 11.4 Å². The third-order valence-electron chi connectivity index (χ3n) is 3.29. The lowest BCUT2D eigenvalue weighted by molar-refractivity contribution is 0.602. The summed E-state index contributed by atoms with van der Waals surface area (Å²) in [7, 11) is -3.12. The lowest BCUT2D eigenvalue weighted by atomic mass is 10.1. The first-order valence-electron chi connectivity index (χ1n) is 6.61. The molecule has 0 aliphatic carbocycles. The molecule has 2 N–H and O–H groups in total. The van der Waals surface area contributed by atoms with Crippen molar-refractivity contribution in [1.29, 1.82) is 0 Å². The summed E-state index contributed by atoms with van der Waals surface area (Å²) in [6.07, 6.45) is 1.22. The SMILES string of the molecule is Cc1cc(CN)ccc1CSc1ccc(S(C)(=O)=O)cc1. The Kier molecular flexibility index (Phi) is 5.08. The highest BCUT2D eigenvalue weighted by molar-refractivity contribution is 7.98. The van der Waals surface area contributed by atoms with Crippen LogP contribution < -0.4 is 5.73 Å². The van der Waals surface area contributed by atoms with Gasteiger partial charge in [-0.15, -0.1) is 11.8 Å². The van der Waals surface area contributed by atoms with Gasteiger partial charge in [0.25, 0.3) is 0 Å². The normalized spacial score (nSPS) is 11.6. The summed E-state index contributed by atoms with van der Waals surface area (Å²) >= 11 is 1.69. The predicted molar refractivity (Wildman–Crippen MR) is 88.2 cm³/mol. The van der Waals surface area contributed by atoms with Gasteiger partial charge in [0.05, 0.1) is 4.90 Å². The molecule has 0 saturated heterocycles. The maximum absolute atomic E-state index is 11.4. The topological polar surface area (TPSA) is 60.2 Å². The van der Waals surface area contributed by atoms with Crippen LogP contribution in [0, 0.1) is 6.92 Å². The van der Waals surface area contributed by atoms with Gasteiger partial charge in [-0.05, 0) is 47.9 Å². The maximum atomic E-state index is 11.4. The lowest BCUT2D eigenvalue weighted by Crippen LogP contribution is -1.98. The Morgan fingerprint density at radius 1 is 1.10 bits per heavy atom. The van der Waals surface area contributed by atoms with Crippen LogP contribution in [0.5, 0.6) is 0 Å². The van der Waals surface area contributed by atoms with Crippen molar-refractivity contribution in [2.24, 2.45) is 5.73 Å². The van der Waals surface area contributed by atoms with E-state index in [1.165, 1.54) is 17.4 Å². The van der Waals surface area contributed by atoms with Gasteiger partial charge >= 0.3 is 0 Å². The lowest BCUT2D eigenvalue weighted by Gasteiger charge is -2.08. The molecule has 3 nitrogen and oxygen atoms in total. The molecular formula is C16H19NO2S2. The summed E-state index contributed by atoms with van der Waals surface area (Å²) in [5.41, 5.74) is 9.27. The Labute approximate surface area is 130 Å². The Balaban J connectivity index is 2.06. The van der Waals surface area contributed by atoms with Crippen LogP contribution in [0.2, 0.25) is 0 Å². The average molecular weight is 321 g/mol.